The summed E-state index contributed by atoms with van der Waals surface area (Å²) in [5, 5.41) is 0. The van der Waals surface area contributed by atoms with E-state index in [2.05, 4.69) is 0 Å². The normalized spacial score (nSPS) is 11.7. The highest BCUT2D eigenvalue weighted by atomic mass is 16.5. The average Bonchev–Trinajstić information content (AvgIpc) is 2.54. The van der Waals surface area contributed by atoms with E-state index in [1.807, 2.05) is 49.4 Å². The maximum Gasteiger partial charge on any atom is 0.202 e. The second kappa shape index (κ2) is 7.48. The first kappa shape index (κ1) is 15.1. The van der Waals surface area contributed by atoms with E-state index < -0.39 is 6.10 Å². The third kappa shape index (κ3) is 4.09. The Kier molecular flexibility index (Phi) is 5.38. The van der Waals surface area contributed by atoms with Gasteiger partial charge in [0.25, 0.3) is 0 Å². The van der Waals surface area contributed by atoms with Crippen molar-refractivity contribution in [1.82, 2.24) is 0 Å². The highest BCUT2D eigenvalue weighted by Gasteiger charge is 2.18. The zero-order valence-electron chi connectivity index (χ0n) is 12.4. The van der Waals surface area contributed by atoms with Gasteiger partial charge in [-0.1, -0.05) is 49.4 Å². The number of Topliss-reactive ketones (excluding diaryl/α,β-unsaturated/α-hetero) is 1. The lowest BCUT2D eigenvalue weighted by Crippen LogP contribution is -2.24. The van der Waals surface area contributed by atoms with Crippen LogP contribution in [0.5, 0.6) is 11.5 Å². The Balaban J connectivity index is 2.09. The topological polar surface area (TPSA) is 35.5 Å². The zero-order valence-corrected chi connectivity index (χ0v) is 12.4. The minimum absolute atomic E-state index is 0.0408. The van der Waals surface area contributed by atoms with Crippen molar-refractivity contribution in [2.45, 2.75) is 26.4 Å². The molecule has 0 N–H and O–H groups in total. The van der Waals surface area contributed by atoms with Crippen LogP contribution < -0.4 is 9.47 Å². The fourth-order valence-electron chi connectivity index (χ4n) is 1.96. The van der Waals surface area contributed by atoms with E-state index in [4.69, 9.17) is 9.47 Å². The maximum absolute atomic E-state index is 12.3. The molecule has 0 fully saturated rings. The molecule has 0 heterocycles. The molecule has 0 aliphatic carbocycles. The van der Waals surface area contributed by atoms with Gasteiger partial charge >= 0.3 is 0 Å². The van der Waals surface area contributed by atoms with Crippen LogP contribution in [0.3, 0.4) is 0 Å². The van der Waals surface area contributed by atoms with Crippen LogP contribution >= 0.6 is 0 Å². The summed E-state index contributed by atoms with van der Waals surface area (Å²) in [7, 11) is 0. The van der Waals surface area contributed by atoms with Gasteiger partial charge in [-0.2, -0.15) is 0 Å². The summed E-state index contributed by atoms with van der Waals surface area (Å²) in [4.78, 5) is 12.3. The van der Waals surface area contributed by atoms with Crippen molar-refractivity contribution < 1.29 is 14.3 Å². The number of hydrogen-bond acceptors (Lipinski definition) is 3. The number of carbonyl (C=O) groups excluding carboxylic acids is 1. The number of ether oxygens (including phenoxy) is 2. The first-order chi connectivity index (χ1) is 10.2. The molecule has 21 heavy (non-hydrogen) atoms. The van der Waals surface area contributed by atoms with Crippen LogP contribution in [0, 0.1) is 0 Å². The van der Waals surface area contributed by atoms with E-state index in [1.54, 1.807) is 19.1 Å². The van der Waals surface area contributed by atoms with Crippen LogP contribution in [0.15, 0.2) is 54.6 Å². The van der Waals surface area contributed by atoms with E-state index in [0.717, 1.165) is 6.42 Å². The predicted molar refractivity (Wildman–Crippen MR) is 83.1 cm³/mol. The first-order valence-electron chi connectivity index (χ1n) is 7.20. The summed E-state index contributed by atoms with van der Waals surface area (Å²) >= 11 is 0. The molecule has 1 unspecified atom stereocenters. The molecule has 0 saturated heterocycles. The third-order valence-corrected chi connectivity index (χ3v) is 3.04. The summed E-state index contributed by atoms with van der Waals surface area (Å²) in [5.41, 5.74) is 0.650. The largest absolute Gasteiger partial charge is 0.490 e. The van der Waals surface area contributed by atoms with Crippen LogP contribution in [0.2, 0.25) is 0 Å². The van der Waals surface area contributed by atoms with Crippen LogP contribution in [-0.4, -0.2) is 18.5 Å². The van der Waals surface area contributed by atoms with E-state index in [0.29, 0.717) is 23.7 Å². The van der Waals surface area contributed by atoms with Gasteiger partial charge in [0.1, 0.15) is 0 Å². The minimum atomic E-state index is -0.557. The van der Waals surface area contributed by atoms with Crippen LogP contribution in [0.4, 0.5) is 0 Å². The Morgan fingerprint density at radius 1 is 1.00 bits per heavy atom. The van der Waals surface area contributed by atoms with Crippen LogP contribution in [0.1, 0.15) is 30.6 Å². The fourth-order valence-corrected chi connectivity index (χ4v) is 1.96. The summed E-state index contributed by atoms with van der Waals surface area (Å²) < 4.78 is 11.4. The highest BCUT2D eigenvalue weighted by Crippen LogP contribution is 2.28. The molecule has 0 bridgehead atoms. The SMILES string of the molecule is CCCOc1ccccc1OC(C)C(=O)c1ccccc1. The van der Waals surface area contributed by atoms with Gasteiger partial charge in [-0.15, -0.1) is 0 Å². The molecule has 2 aromatic carbocycles. The molecule has 0 aromatic heterocycles. The first-order valence-corrected chi connectivity index (χ1v) is 7.20. The van der Waals surface area contributed by atoms with Gasteiger partial charge < -0.3 is 9.47 Å². The minimum Gasteiger partial charge on any atom is -0.490 e. The Morgan fingerprint density at radius 3 is 2.29 bits per heavy atom. The van der Waals surface area contributed by atoms with Crippen molar-refractivity contribution >= 4 is 5.78 Å². The molecule has 0 aliphatic rings. The molecule has 3 heteroatoms. The van der Waals surface area contributed by atoms with Gasteiger partial charge in [-0.05, 0) is 25.5 Å². The van der Waals surface area contributed by atoms with Crippen molar-refractivity contribution in [2.24, 2.45) is 0 Å². The maximum atomic E-state index is 12.3. The standard InChI is InChI=1S/C18H20O3/c1-3-13-20-16-11-7-8-12-17(16)21-14(2)18(19)15-9-5-4-6-10-15/h4-12,14H,3,13H2,1-2H3. The van der Waals surface area contributed by atoms with Gasteiger partial charge in [-0.3, -0.25) is 4.79 Å². The number of rotatable bonds is 7. The predicted octanol–water partition coefficient (Wildman–Crippen LogP) is 4.13. The molecule has 1 atom stereocenters. The lowest BCUT2D eigenvalue weighted by Gasteiger charge is -2.16. The molecule has 2 aromatic rings. The van der Waals surface area contributed by atoms with Crippen LogP contribution in [-0.2, 0) is 0 Å². The van der Waals surface area contributed by atoms with Gasteiger partial charge in [-0.25, -0.2) is 0 Å². The molecule has 0 amide bonds. The Labute approximate surface area is 125 Å². The number of benzene rings is 2. The second-order valence-corrected chi connectivity index (χ2v) is 4.79. The number of hydrogen-bond donors (Lipinski definition) is 0. The number of para-hydroxylation sites is 2. The molecule has 0 radical (unpaired) electrons. The quantitative estimate of drug-likeness (QED) is 0.717. The lowest BCUT2D eigenvalue weighted by molar-refractivity contribution is 0.0812. The van der Waals surface area contributed by atoms with Gasteiger partial charge in [0.05, 0.1) is 6.61 Å². The third-order valence-electron chi connectivity index (χ3n) is 3.04. The summed E-state index contributed by atoms with van der Waals surface area (Å²) in [6.45, 7) is 4.43. The lowest BCUT2D eigenvalue weighted by atomic mass is 10.1. The molecular formula is C18H20O3. The smallest absolute Gasteiger partial charge is 0.202 e. The van der Waals surface area contributed by atoms with E-state index in [1.165, 1.54) is 0 Å². The number of ketones is 1. The van der Waals surface area contributed by atoms with Gasteiger partial charge in [0.2, 0.25) is 5.78 Å². The molecule has 0 saturated carbocycles. The molecular weight excluding hydrogens is 264 g/mol. The van der Waals surface area contributed by atoms with E-state index >= 15 is 0 Å². The van der Waals surface area contributed by atoms with Crippen LogP contribution in [0.25, 0.3) is 0 Å². The average molecular weight is 284 g/mol. The molecule has 0 spiro atoms. The Morgan fingerprint density at radius 2 is 1.62 bits per heavy atom. The second-order valence-electron chi connectivity index (χ2n) is 4.79. The monoisotopic (exact) mass is 284 g/mol. The van der Waals surface area contributed by atoms with Crippen molar-refractivity contribution in [1.29, 1.82) is 0 Å². The Bertz CT molecular complexity index is 578. The molecule has 0 aliphatic heterocycles. The van der Waals surface area contributed by atoms with Gasteiger partial charge in [0.15, 0.2) is 17.6 Å². The van der Waals surface area contributed by atoms with E-state index in [-0.39, 0.29) is 5.78 Å². The highest BCUT2D eigenvalue weighted by molar-refractivity contribution is 5.99. The summed E-state index contributed by atoms with van der Waals surface area (Å²) in [6, 6.07) is 16.6. The molecule has 2 rings (SSSR count). The van der Waals surface area contributed by atoms with Crippen molar-refractivity contribution in [3.63, 3.8) is 0 Å². The van der Waals surface area contributed by atoms with Crippen molar-refractivity contribution in [3.8, 4) is 11.5 Å². The molecule has 3 nitrogen and oxygen atoms in total. The number of carbonyl (C=O) groups is 1. The summed E-state index contributed by atoms with van der Waals surface area (Å²) in [5.74, 6) is 1.23. The fraction of sp³-hybridized carbons (Fsp3) is 0.278. The zero-order chi connectivity index (χ0) is 15.1. The summed E-state index contributed by atoms with van der Waals surface area (Å²) in [6.07, 6.45) is 0.367. The Hall–Kier alpha value is -2.29. The molecule has 110 valence electrons. The van der Waals surface area contributed by atoms with Crippen molar-refractivity contribution in [2.75, 3.05) is 6.61 Å². The van der Waals surface area contributed by atoms with Crippen molar-refractivity contribution in [3.05, 3.63) is 60.2 Å². The van der Waals surface area contributed by atoms with E-state index in [9.17, 15) is 4.79 Å². The van der Waals surface area contributed by atoms with Gasteiger partial charge in [0, 0.05) is 5.56 Å².